The Kier molecular flexibility index (Phi) is 5.37. The number of ketones is 1. The predicted molar refractivity (Wildman–Crippen MR) is 147 cm³/mol. The lowest BCUT2D eigenvalue weighted by atomic mass is 9.85. The van der Waals surface area contributed by atoms with Gasteiger partial charge in [0.05, 0.1) is 33.5 Å². The molecule has 4 atom stereocenters. The molecular formula is C30H22N2O3S2. The number of carbonyl (C=O) groups is 3. The highest BCUT2D eigenvalue weighted by Crippen LogP contribution is 2.53. The molecular weight excluding hydrogens is 500 g/mol. The number of imide groups is 1. The number of nitrogens with zero attached hydrogens (tertiary/aromatic N) is 2. The minimum atomic E-state index is -0.210. The fourth-order valence-corrected chi connectivity index (χ4v) is 7.94. The zero-order valence-corrected chi connectivity index (χ0v) is 21.4. The maximum atomic E-state index is 13.2. The molecule has 3 aliphatic rings. The molecule has 2 bridgehead atoms. The molecule has 0 N–H and O–H groups in total. The summed E-state index contributed by atoms with van der Waals surface area (Å²) in [5.41, 5.74) is 4.29. The molecule has 0 radical (unpaired) electrons. The number of fused-ring (bicyclic) bond motifs is 6. The lowest BCUT2D eigenvalue weighted by Gasteiger charge is -2.17. The fraction of sp³-hybridized carbons (Fsp3) is 0.200. The normalized spacial score (nSPS) is 23.8. The third-order valence-electron chi connectivity index (χ3n) is 7.72. The number of Topliss-reactive ketones (excluding diaryl/α,β-unsaturated/α-hetero) is 1. The number of thiazole rings is 1. The molecule has 7 rings (SSSR count). The molecule has 1 aromatic heterocycles. The van der Waals surface area contributed by atoms with E-state index in [1.54, 1.807) is 0 Å². The van der Waals surface area contributed by atoms with Gasteiger partial charge in [-0.25, -0.2) is 9.88 Å². The number of allylic oxidation sites excluding steroid dienone is 2. The first-order chi connectivity index (χ1) is 18.1. The quantitative estimate of drug-likeness (QED) is 0.130. The summed E-state index contributed by atoms with van der Waals surface area (Å²) in [5, 5.41) is 0. The molecule has 182 valence electrons. The summed E-state index contributed by atoms with van der Waals surface area (Å²) in [4.78, 5) is 45.2. The van der Waals surface area contributed by atoms with Crippen molar-refractivity contribution in [2.75, 3.05) is 10.7 Å². The third kappa shape index (κ3) is 3.76. The number of rotatable bonds is 6. The van der Waals surface area contributed by atoms with Crippen molar-refractivity contribution in [2.45, 2.75) is 10.8 Å². The lowest BCUT2D eigenvalue weighted by molar-refractivity contribution is -0.123. The Morgan fingerprint density at radius 2 is 1.57 bits per heavy atom. The van der Waals surface area contributed by atoms with E-state index in [1.165, 1.54) is 28.0 Å². The van der Waals surface area contributed by atoms with E-state index in [0.717, 1.165) is 32.1 Å². The zero-order valence-electron chi connectivity index (χ0n) is 19.7. The zero-order chi connectivity index (χ0) is 25.1. The number of amides is 2. The molecule has 4 aromatic rings. The largest absolute Gasteiger partial charge is 0.293 e. The second-order valence-electron chi connectivity index (χ2n) is 9.80. The highest BCUT2D eigenvalue weighted by Gasteiger charge is 2.59. The first-order valence-electron chi connectivity index (χ1n) is 12.3. The van der Waals surface area contributed by atoms with Crippen molar-refractivity contribution in [1.29, 1.82) is 0 Å². The first-order valence-corrected chi connectivity index (χ1v) is 14.2. The SMILES string of the molecule is O=C(CSc1nc2ccc(N3C(=O)[C@@H]4[C@@H](C3=O)[C@H]3C=C[C@H]4C3)cc2s1)c1ccc(-c2ccccc2)cc1. The molecule has 0 unspecified atom stereocenters. The van der Waals surface area contributed by atoms with Crippen LogP contribution in [0.1, 0.15) is 16.8 Å². The fourth-order valence-electron chi connectivity index (χ4n) is 5.94. The smallest absolute Gasteiger partial charge is 0.238 e. The first kappa shape index (κ1) is 22.6. The maximum Gasteiger partial charge on any atom is 0.238 e. The van der Waals surface area contributed by atoms with Gasteiger partial charge in [0.1, 0.15) is 0 Å². The van der Waals surface area contributed by atoms with Gasteiger partial charge in [-0.3, -0.25) is 14.4 Å². The van der Waals surface area contributed by atoms with Gasteiger partial charge in [0.15, 0.2) is 10.1 Å². The third-order valence-corrected chi connectivity index (χ3v) is 9.88. The van der Waals surface area contributed by atoms with Crippen LogP contribution in [0.15, 0.2) is 89.3 Å². The van der Waals surface area contributed by atoms with Gasteiger partial charge in [-0.15, -0.1) is 11.3 Å². The van der Waals surface area contributed by atoms with E-state index in [2.05, 4.69) is 17.1 Å². The second kappa shape index (κ2) is 8.78. The van der Waals surface area contributed by atoms with Crippen molar-refractivity contribution in [3.05, 3.63) is 90.5 Å². The van der Waals surface area contributed by atoms with Gasteiger partial charge in [0.25, 0.3) is 0 Å². The summed E-state index contributed by atoms with van der Waals surface area (Å²) < 4.78 is 1.69. The van der Waals surface area contributed by atoms with E-state index in [1.807, 2.05) is 72.8 Å². The van der Waals surface area contributed by atoms with Crippen LogP contribution in [-0.4, -0.2) is 28.3 Å². The Bertz CT molecular complexity index is 1560. The number of hydrogen-bond donors (Lipinski definition) is 0. The van der Waals surface area contributed by atoms with Crippen LogP contribution in [0.3, 0.4) is 0 Å². The topological polar surface area (TPSA) is 67.3 Å². The van der Waals surface area contributed by atoms with Crippen LogP contribution in [-0.2, 0) is 9.59 Å². The highest BCUT2D eigenvalue weighted by atomic mass is 32.2. The van der Waals surface area contributed by atoms with E-state index in [-0.39, 0.29) is 41.3 Å². The molecule has 2 aliphatic carbocycles. The molecule has 2 heterocycles. The van der Waals surface area contributed by atoms with Crippen molar-refractivity contribution in [2.24, 2.45) is 23.7 Å². The van der Waals surface area contributed by atoms with E-state index in [9.17, 15) is 14.4 Å². The number of carbonyl (C=O) groups excluding carboxylic acids is 3. The standard InChI is InChI=1S/C30H22N2O3S2/c33-24(19-8-6-18(7-9-19)17-4-2-1-3-5-17)16-36-30-31-23-13-12-22(15-25(23)37-30)32-28(34)26-20-10-11-21(14-20)27(26)29(32)35/h1-13,15,20-21,26-27H,14,16H2/t20-,21-,26-,27-/m0/s1. The summed E-state index contributed by atoms with van der Waals surface area (Å²) in [7, 11) is 0. The number of hydrogen-bond acceptors (Lipinski definition) is 6. The Morgan fingerprint density at radius 3 is 2.27 bits per heavy atom. The van der Waals surface area contributed by atoms with Gasteiger partial charge < -0.3 is 0 Å². The minimum absolute atomic E-state index is 0.0487. The molecule has 1 saturated carbocycles. The average molecular weight is 523 g/mol. The number of aromatic nitrogens is 1. The predicted octanol–water partition coefficient (Wildman–Crippen LogP) is 6.25. The summed E-state index contributed by atoms with van der Waals surface area (Å²) in [6.07, 6.45) is 5.13. The summed E-state index contributed by atoms with van der Waals surface area (Å²) in [6.45, 7) is 0. The second-order valence-corrected chi connectivity index (χ2v) is 12.1. The Balaban J connectivity index is 1.05. The van der Waals surface area contributed by atoms with Crippen molar-refractivity contribution in [3.8, 4) is 11.1 Å². The number of anilines is 1. The van der Waals surface area contributed by atoms with Gasteiger partial charge in [0.2, 0.25) is 11.8 Å². The van der Waals surface area contributed by atoms with Crippen molar-refractivity contribution < 1.29 is 14.4 Å². The van der Waals surface area contributed by atoms with Crippen LogP contribution in [0.2, 0.25) is 0 Å². The lowest BCUT2D eigenvalue weighted by Crippen LogP contribution is -2.32. The Hall–Kier alpha value is -3.55. The molecule has 3 aromatic carbocycles. The number of thioether (sulfide) groups is 1. The minimum Gasteiger partial charge on any atom is -0.293 e. The molecule has 37 heavy (non-hydrogen) atoms. The highest BCUT2D eigenvalue weighted by molar-refractivity contribution is 8.01. The molecule has 2 amide bonds. The van der Waals surface area contributed by atoms with Crippen LogP contribution in [0, 0.1) is 23.7 Å². The van der Waals surface area contributed by atoms with Gasteiger partial charge in [0, 0.05) is 5.56 Å². The Labute approximate surface area is 222 Å². The molecule has 2 fully saturated rings. The van der Waals surface area contributed by atoms with Crippen LogP contribution in [0.4, 0.5) is 5.69 Å². The van der Waals surface area contributed by atoms with Crippen molar-refractivity contribution in [3.63, 3.8) is 0 Å². The summed E-state index contributed by atoms with van der Waals surface area (Å²) in [6, 6.07) is 23.3. The van der Waals surface area contributed by atoms with Gasteiger partial charge in [-0.05, 0) is 47.6 Å². The van der Waals surface area contributed by atoms with Crippen LogP contribution in [0.25, 0.3) is 21.3 Å². The van der Waals surface area contributed by atoms with E-state index in [0.29, 0.717) is 17.0 Å². The molecule has 5 nitrogen and oxygen atoms in total. The molecule has 7 heteroatoms. The maximum absolute atomic E-state index is 13.2. The van der Waals surface area contributed by atoms with E-state index < -0.39 is 0 Å². The average Bonchev–Trinajstić information content (AvgIpc) is 3.70. The van der Waals surface area contributed by atoms with Crippen LogP contribution in [0.5, 0.6) is 0 Å². The monoisotopic (exact) mass is 522 g/mol. The van der Waals surface area contributed by atoms with Crippen LogP contribution >= 0.6 is 23.1 Å². The molecule has 0 spiro atoms. The van der Waals surface area contributed by atoms with E-state index in [4.69, 9.17) is 0 Å². The van der Waals surface area contributed by atoms with Gasteiger partial charge in [-0.1, -0.05) is 78.5 Å². The van der Waals surface area contributed by atoms with E-state index >= 15 is 0 Å². The molecule has 1 saturated heterocycles. The molecule has 1 aliphatic heterocycles. The summed E-state index contributed by atoms with van der Waals surface area (Å²) >= 11 is 2.90. The van der Waals surface area contributed by atoms with Crippen molar-refractivity contribution in [1.82, 2.24) is 4.98 Å². The van der Waals surface area contributed by atoms with Gasteiger partial charge >= 0.3 is 0 Å². The number of benzene rings is 3. The van der Waals surface area contributed by atoms with Crippen LogP contribution < -0.4 is 4.90 Å². The Morgan fingerprint density at radius 1 is 0.892 bits per heavy atom. The summed E-state index contributed by atoms with van der Waals surface area (Å²) in [5.74, 6) is 0.157. The van der Waals surface area contributed by atoms with Gasteiger partial charge in [-0.2, -0.15) is 0 Å². The van der Waals surface area contributed by atoms with Crippen molar-refractivity contribution >= 4 is 56.6 Å².